The number of carbonyl (C=O) groups is 3. The van der Waals surface area contributed by atoms with Gasteiger partial charge < -0.3 is 16.4 Å². The average molecular weight is 249 g/mol. The van der Waals surface area contributed by atoms with Crippen molar-refractivity contribution in [1.29, 1.82) is 0 Å². The number of amides is 3. The second kappa shape index (κ2) is 6.39. The predicted octanol–water partition coefficient (Wildman–Crippen LogP) is 0.250. The van der Waals surface area contributed by atoms with E-state index in [0.717, 1.165) is 0 Å². The van der Waals surface area contributed by atoms with Gasteiger partial charge in [-0.1, -0.05) is 0 Å². The molecule has 0 radical (unpaired) electrons. The molecule has 0 spiro atoms. The van der Waals surface area contributed by atoms with Gasteiger partial charge in [0.1, 0.15) is 0 Å². The van der Waals surface area contributed by atoms with Gasteiger partial charge in [-0.3, -0.25) is 14.4 Å². The zero-order valence-corrected chi connectivity index (χ0v) is 10.0. The molecule has 6 heteroatoms. The second-order valence-electron chi connectivity index (χ2n) is 3.73. The first-order valence-corrected chi connectivity index (χ1v) is 5.43. The van der Waals surface area contributed by atoms with E-state index in [4.69, 9.17) is 5.73 Å². The van der Waals surface area contributed by atoms with Crippen LogP contribution in [0.5, 0.6) is 0 Å². The Balaban J connectivity index is 2.53. The van der Waals surface area contributed by atoms with E-state index in [-0.39, 0.29) is 24.8 Å². The number of carbonyl (C=O) groups excluding carboxylic acids is 3. The highest BCUT2D eigenvalue weighted by Crippen LogP contribution is 2.09. The lowest BCUT2D eigenvalue weighted by Gasteiger charge is -2.05. The van der Waals surface area contributed by atoms with Crippen molar-refractivity contribution in [3.05, 3.63) is 29.8 Å². The standard InChI is InChI=1S/C12H15N3O3/c1-8(16)15-10-4-2-9(3-5-10)12(18)14-7-6-11(13)17/h2-5H,6-7H2,1H3,(H2,13,17)(H,14,18)(H,15,16). The van der Waals surface area contributed by atoms with Crippen molar-refractivity contribution in [3.63, 3.8) is 0 Å². The average Bonchev–Trinajstić information content (AvgIpc) is 2.28. The zero-order valence-electron chi connectivity index (χ0n) is 10.0. The predicted molar refractivity (Wildman–Crippen MR) is 66.9 cm³/mol. The van der Waals surface area contributed by atoms with Gasteiger partial charge in [-0.15, -0.1) is 0 Å². The zero-order chi connectivity index (χ0) is 13.5. The van der Waals surface area contributed by atoms with Gasteiger partial charge in [-0.2, -0.15) is 0 Å². The van der Waals surface area contributed by atoms with Crippen molar-refractivity contribution in [2.75, 3.05) is 11.9 Å². The Bertz CT molecular complexity index is 454. The molecule has 0 aliphatic heterocycles. The minimum Gasteiger partial charge on any atom is -0.370 e. The molecule has 0 bridgehead atoms. The van der Waals surface area contributed by atoms with Crippen LogP contribution in [-0.4, -0.2) is 24.3 Å². The first-order chi connectivity index (χ1) is 8.49. The van der Waals surface area contributed by atoms with Crippen LogP contribution in [0.25, 0.3) is 0 Å². The summed E-state index contributed by atoms with van der Waals surface area (Å²) in [5.74, 6) is -0.921. The molecular formula is C12H15N3O3. The van der Waals surface area contributed by atoms with Crippen LogP contribution in [0.3, 0.4) is 0 Å². The minimum atomic E-state index is -0.462. The molecule has 0 fully saturated rings. The van der Waals surface area contributed by atoms with Gasteiger partial charge in [0.05, 0.1) is 0 Å². The summed E-state index contributed by atoms with van der Waals surface area (Å²) >= 11 is 0. The Morgan fingerprint density at radius 3 is 2.28 bits per heavy atom. The van der Waals surface area contributed by atoms with Crippen LogP contribution in [0.4, 0.5) is 5.69 Å². The monoisotopic (exact) mass is 249 g/mol. The molecule has 0 aliphatic carbocycles. The SMILES string of the molecule is CC(=O)Nc1ccc(C(=O)NCCC(N)=O)cc1. The number of nitrogens with one attached hydrogen (secondary N) is 2. The van der Waals surface area contributed by atoms with Crippen molar-refractivity contribution in [1.82, 2.24) is 5.32 Å². The Labute approximate surface area is 105 Å². The fourth-order valence-electron chi connectivity index (χ4n) is 1.31. The summed E-state index contributed by atoms with van der Waals surface area (Å²) in [6, 6.07) is 6.44. The Morgan fingerprint density at radius 2 is 1.78 bits per heavy atom. The number of benzene rings is 1. The molecule has 18 heavy (non-hydrogen) atoms. The summed E-state index contributed by atoms with van der Waals surface area (Å²) in [5, 5.41) is 5.16. The third kappa shape index (κ3) is 4.65. The molecule has 1 aromatic carbocycles. The van der Waals surface area contributed by atoms with Crippen LogP contribution in [0.2, 0.25) is 0 Å². The number of rotatable bonds is 5. The molecule has 0 saturated heterocycles. The number of hydrogen-bond acceptors (Lipinski definition) is 3. The van der Waals surface area contributed by atoms with E-state index in [1.807, 2.05) is 0 Å². The van der Waals surface area contributed by atoms with Crippen LogP contribution in [0.15, 0.2) is 24.3 Å². The quantitative estimate of drug-likeness (QED) is 0.697. The molecule has 3 amide bonds. The summed E-state index contributed by atoms with van der Waals surface area (Å²) in [7, 11) is 0. The van der Waals surface area contributed by atoms with Crippen molar-refractivity contribution >= 4 is 23.4 Å². The highest BCUT2D eigenvalue weighted by atomic mass is 16.2. The van der Waals surface area contributed by atoms with E-state index in [1.165, 1.54) is 6.92 Å². The lowest BCUT2D eigenvalue weighted by Crippen LogP contribution is -2.27. The van der Waals surface area contributed by atoms with E-state index in [9.17, 15) is 14.4 Å². The Kier molecular flexibility index (Phi) is 4.86. The lowest BCUT2D eigenvalue weighted by atomic mass is 10.2. The molecule has 0 atom stereocenters. The Hall–Kier alpha value is -2.37. The van der Waals surface area contributed by atoms with Gasteiger partial charge in [0.2, 0.25) is 11.8 Å². The molecule has 6 nitrogen and oxygen atoms in total. The molecule has 0 aromatic heterocycles. The molecule has 1 aromatic rings. The van der Waals surface area contributed by atoms with Crippen LogP contribution in [0.1, 0.15) is 23.7 Å². The van der Waals surface area contributed by atoms with Gasteiger partial charge in [-0.05, 0) is 24.3 Å². The highest BCUT2D eigenvalue weighted by molar-refractivity contribution is 5.95. The molecule has 1 rings (SSSR count). The van der Waals surface area contributed by atoms with E-state index >= 15 is 0 Å². The molecule has 0 heterocycles. The van der Waals surface area contributed by atoms with E-state index in [0.29, 0.717) is 11.3 Å². The molecule has 4 N–H and O–H groups in total. The van der Waals surface area contributed by atoms with Crippen molar-refractivity contribution in [2.24, 2.45) is 5.73 Å². The van der Waals surface area contributed by atoms with Gasteiger partial charge in [0.15, 0.2) is 0 Å². The first kappa shape index (κ1) is 13.7. The Morgan fingerprint density at radius 1 is 1.17 bits per heavy atom. The fraction of sp³-hybridized carbons (Fsp3) is 0.250. The normalized spacial score (nSPS) is 9.61. The molecule has 0 unspecified atom stereocenters. The van der Waals surface area contributed by atoms with E-state index in [1.54, 1.807) is 24.3 Å². The van der Waals surface area contributed by atoms with E-state index < -0.39 is 5.91 Å². The minimum absolute atomic E-state index is 0.107. The number of hydrogen-bond donors (Lipinski definition) is 3. The van der Waals surface area contributed by atoms with Gasteiger partial charge in [0, 0.05) is 31.1 Å². The second-order valence-corrected chi connectivity index (χ2v) is 3.73. The van der Waals surface area contributed by atoms with Gasteiger partial charge in [0.25, 0.3) is 5.91 Å². The summed E-state index contributed by atoms with van der Waals surface area (Å²) in [5.41, 5.74) is 6.03. The summed E-state index contributed by atoms with van der Waals surface area (Å²) in [6.07, 6.45) is 0.107. The number of anilines is 1. The van der Waals surface area contributed by atoms with Crippen molar-refractivity contribution in [3.8, 4) is 0 Å². The highest BCUT2D eigenvalue weighted by Gasteiger charge is 2.05. The first-order valence-electron chi connectivity index (χ1n) is 5.43. The fourth-order valence-corrected chi connectivity index (χ4v) is 1.31. The van der Waals surface area contributed by atoms with Crippen molar-refractivity contribution < 1.29 is 14.4 Å². The molecule has 0 saturated carbocycles. The van der Waals surface area contributed by atoms with Gasteiger partial charge >= 0.3 is 0 Å². The maximum Gasteiger partial charge on any atom is 0.251 e. The smallest absolute Gasteiger partial charge is 0.251 e. The molecule has 96 valence electrons. The lowest BCUT2D eigenvalue weighted by molar-refractivity contribution is -0.118. The third-order valence-corrected chi connectivity index (χ3v) is 2.12. The van der Waals surface area contributed by atoms with Gasteiger partial charge in [-0.25, -0.2) is 0 Å². The third-order valence-electron chi connectivity index (χ3n) is 2.12. The van der Waals surface area contributed by atoms with Crippen LogP contribution in [-0.2, 0) is 9.59 Å². The van der Waals surface area contributed by atoms with Crippen LogP contribution >= 0.6 is 0 Å². The molecule has 0 aliphatic rings. The topological polar surface area (TPSA) is 101 Å². The molecular weight excluding hydrogens is 234 g/mol. The maximum absolute atomic E-state index is 11.6. The summed E-state index contributed by atoms with van der Waals surface area (Å²) in [6.45, 7) is 1.62. The largest absolute Gasteiger partial charge is 0.370 e. The summed E-state index contributed by atoms with van der Waals surface area (Å²) in [4.78, 5) is 32.9. The number of primary amides is 1. The maximum atomic E-state index is 11.6. The summed E-state index contributed by atoms with van der Waals surface area (Å²) < 4.78 is 0. The van der Waals surface area contributed by atoms with Crippen LogP contribution in [0, 0.1) is 0 Å². The number of nitrogens with two attached hydrogens (primary N) is 1. The van der Waals surface area contributed by atoms with Crippen molar-refractivity contribution in [2.45, 2.75) is 13.3 Å². The van der Waals surface area contributed by atoms with Crippen LogP contribution < -0.4 is 16.4 Å². The van der Waals surface area contributed by atoms with E-state index in [2.05, 4.69) is 10.6 Å².